The Hall–Kier alpha value is -5.34. The summed E-state index contributed by atoms with van der Waals surface area (Å²) in [7, 11) is 1.77. The van der Waals surface area contributed by atoms with Gasteiger partial charge in [-0.2, -0.15) is 28.4 Å². The van der Waals surface area contributed by atoms with E-state index in [4.69, 9.17) is 20.9 Å². The number of nitrogen functional groups attached to an aromatic ring is 2. The third kappa shape index (κ3) is 5.68. The van der Waals surface area contributed by atoms with Gasteiger partial charge < -0.3 is 25.8 Å². The van der Waals surface area contributed by atoms with Crippen LogP contribution < -0.4 is 25.8 Å². The molecule has 7 rings (SSSR count). The predicted octanol–water partition coefficient (Wildman–Crippen LogP) is 7.14. The highest BCUT2D eigenvalue weighted by Crippen LogP contribution is 2.53. The van der Waals surface area contributed by atoms with E-state index in [2.05, 4.69) is 15.0 Å². The van der Waals surface area contributed by atoms with Crippen molar-refractivity contribution in [3.8, 4) is 29.0 Å². The summed E-state index contributed by atoms with van der Waals surface area (Å²) in [6.45, 7) is 1.70. The largest absolute Gasteiger partial charge is 0.490 e. The van der Waals surface area contributed by atoms with Crippen molar-refractivity contribution >= 4 is 49.0 Å². The molecule has 51 heavy (non-hydrogen) atoms. The van der Waals surface area contributed by atoms with Crippen molar-refractivity contribution in [2.24, 2.45) is 0 Å². The van der Waals surface area contributed by atoms with E-state index in [0.29, 0.717) is 41.8 Å². The molecule has 0 bridgehead atoms. The normalized spacial score (nSPS) is 17.9. The Kier molecular flexibility index (Phi) is 8.54. The smallest absolute Gasteiger partial charge is 0.420 e. The number of hydrogen-bond acceptors (Lipinski definition) is 11. The van der Waals surface area contributed by atoms with Crippen LogP contribution in [0.3, 0.4) is 0 Å². The lowest BCUT2D eigenvalue weighted by Gasteiger charge is -2.30. The van der Waals surface area contributed by atoms with E-state index in [9.17, 15) is 9.65 Å². The van der Waals surface area contributed by atoms with Gasteiger partial charge in [-0.05, 0) is 43.7 Å². The number of likely N-dealkylation sites (tertiary alicyclic amines) is 1. The Labute approximate surface area is 290 Å². The lowest BCUT2D eigenvalue weighted by atomic mass is 9.91. The van der Waals surface area contributed by atoms with E-state index < -0.39 is 51.8 Å². The van der Waals surface area contributed by atoms with Crippen molar-refractivity contribution in [3.63, 3.8) is 0 Å². The molecule has 17 heteroatoms. The van der Waals surface area contributed by atoms with Crippen LogP contribution in [0.15, 0.2) is 42.4 Å². The molecule has 0 spiro atoms. The second-order valence-corrected chi connectivity index (χ2v) is 13.3. The first-order valence-corrected chi connectivity index (χ1v) is 16.4. The van der Waals surface area contributed by atoms with Gasteiger partial charge in [-0.25, -0.2) is 18.2 Å². The average molecular weight is 727 g/mol. The summed E-state index contributed by atoms with van der Waals surface area (Å²) >= 11 is 0.660. The molecule has 0 aliphatic carbocycles. The van der Waals surface area contributed by atoms with E-state index >= 15 is 22.0 Å². The Morgan fingerprint density at radius 2 is 1.98 bits per heavy atom. The second kappa shape index (κ2) is 12.8. The first-order valence-electron chi connectivity index (χ1n) is 15.6. The fourth-order valence-corrected chi connectivity index (χ4v) is 7.75. The van der Waals surface area contributed by atoms with Gasteiger partial charge in [0, 0.05) is 35.3 Å². The van der Waals surface area contributed by atoms with E-state index in [-0.39, 0.29) is 69.5 Å². The quantitative estimate of drug-likeness (QED) is 0.174. The fourth-order valence-electron chi connectivity index (χ4n) is 6.80. The summed E-state index contributed by atoms with van der Waals surface area (Å²) in [4.78, 5) is 16.4. The number of aromatic nitrogens is 3. The van der Waals surface area contributed by atoms with Gasteiger partial charge in [0.05, 0.1) is 34.6 Å². The number of alkyl halides is 3. The molecule has 2 aliphatic heterocycles. The Morgan fingerprint density at radius 3 is 2.67 bits per heavy atom. The number of nitrogens with zero attached hydrogens (tertiary/aromatic N) is 6. The molecule has 4 N–H and O–H groups in total. The van der Waals surface area contributed by atoms with Crippen LogP contribution in [-0.4, -0.2) is 59.2 Å². The Balaban J connectivity index is 1.53. The van der Waals surface area contributed by atoms with Crippen LogP contribution in [0.4, 0.5) is 43.0 Å². The molecule has 3 aromatic heterocycles. The highest BCUT2D eigenvalue weighted by molar-refractivity contribution is 7.23. The molecule has 1 fully saturated rings. The molecule has 0 saturated carbocycles. The Morgan fingerprint density at radius 1 is 1.20 bits per heavy atom. The maximum atomic E-state index is 17.3. The molecule has 5 heterocycles. The fraction of sp³-hybridized carbons (Fsp3) is 0.294. The topological polar surface area (TPSA) is 139 Å². The van der Waals surface area contributed by atoms with Crippen molar-refractivity contribution in [1.82, 2.24) is 19.9 Å². The van der Waals surface area contributed by atoms with Crippen LogP contribution in [0.2, 0.25) is 0 Å². The molecule has 10 nitrogen and oxygen atoms in total. The maximum Gasteiger partial charge on any atom is 0.420 e. The van der Waals surface area contributed by atoms with Crippen LogP contribution in [0.1, 0.15) is 36.1 Å². The van der Waals surface area contributed by atoms with Crippen LogP contribution in [-0.2, 0) is 6.18 Å². The summed E-state index contributed by atoms with van der Waals surface area (Å²) < 4.78 is 103. The molecule has 2 aliphatic rings. The van der Waals surface area contributed by atoms with Crippen molar-refractivity contribution in [1.29, 1.82) is 5.26 Å². The molecule has 5 aromatic rings. The Bertz CT molecular complexity index is 2290. The number of pyridine rings is 1. The first kappa shape index (κ1) is 34.1. The van der Waals surface area contributed by atoms with Gasteiger partial charge in [-0.1, -0.05) is 12.1 Å². The zero-order chi connectivity index (χ0) is 36.4. The lowest BCUT2D eigenvalue weighted by Crippen LogP contribution is -2.32. The number of rotatable bonds is 6. The summed E-state index contributed by atoms with van der Waals surface area (Å²) in [5, 5.41) is 9.07. The number of thiophene rings is 1. The maximum absolute atomic E-state index is 17.3. The molecular weight excluding hydrogens is 698 g/mol. The van der Waals surface area contributed by atoms with Crippen molar-refractivity contribution < 1.29 is 35.8 Å². The molecule has 0 radical (unpaired) electrons. The summed E-state index contributed by atoms with van der Waals surface area (Å²) in [6, 6.07) is 5.70. The van der Waals surface area contributed by atoms with Crippen LogP contribution >= 0.6 is 11.3 Å². The molecule has 1 unspecified atom stereocenters. The molecule has 264 valence electrons. The third-order valence-electron chi connectivity index (χ3n) is 9.26. The van der Waals surface area contributed by atoms with Gasteiger partial charge in [-0.3, -0.25) is 4.90 Å². The van der Waals surface area contributed by atoms with E-state index in [1.54, 1.807) is 31.0 Å². The van der Waals surface area contributed by atoms with Gasteiger partial charge in [0.2, 0.25) is 0 Å². The zero-order valence-electron chi connectivity index (χ0n) is 27.0. The predicted molar refractivity (Wildman–Crippen MR) is 180 cm³/mol. The highest BCUT2D eigenvalue weighted by Gasteiger charge is 2.44. The van der Waals surface area contributed by atoms with Crippen LogP contribution in [0.5, 0.6) is 11.8 Å². The lowest BCUT2D eigenvalue weighted by molar-refractivity contribution is -0.138. The van der Waals surface area contributed by atoms with Crippen molar-refractivity contribution in [2.75, 3.05) is 49.7 Å². The van der Waals surface area contributed by atoms with Gasteiger partial charge in [0.1, 0.15) is 58.6 Å². The number of halogens is 6. The van der Waals surface area contributed by atoms with Gasteiger partial charge in [0.15, 0.2) is 5.82 Å². The van der Waals surface area contributed by atoms with E-state index in [0.717, 1.165) is 12.1 Å². The second-order valence-electron chi connectivity index (χ2n) is 12.2. The number of benzene rings is 2. The minimum absolute atomic E-state index is 0.0273. The van der Waals surface area contributed by atoms with E-state index in [1.165, 1.54) is 6.20 Å². The summed E-state index contributed by atoms with van der Waals surface area (Å²) in [5.41, 5.74) is 9.42. The van der Waals surface area contributed by atoms with Crippen LogP contribution in [0.25, 0.3) is 32.1 Å². The molecule has 1 saturated heterocycles. The number of nitriles is 1. The SMILES string of the molecule is C[C@H](c1cccnc1N)N1CCOc2c(C(F)(F)F)c(-c3ccc(F)c4sc(N)c(C#N)c34)c(F)c3nc(OCC4C/C(=C\F)CN4C)nc1c23. The standard InChI is InChI=1S/C34H28F6N8O2S/c1-15(18-4-3-7-44-30(18)42)48-8-9-49-28-24-27(45-33(46-32(24)48)50-14-17-10-16(11-35)13-47(17)2)26(37)23(25(28)34(38,39)40)19-5-6-21(36)29-22(19)20(12-41)31(43)51-29/h3-7,11,15,17H,8-10,13-14,43H2,1-2H3,(H2,42,44)/b16-11+/t15-,17?/m1/s1. The first-order chi connectivity index (χ1) is 24.3. The van der Waals surface area contributed by atoms with Crippen molar-refractivity contribution in [2.45, 2.75) is 31.6 Å². The highest BCUT2D eigenvalue weighted by atomic mass is 32.1. The third-order valence-corrected chi connectivity index (χ3v) is 10.3. The molecular formula is C34H28F6N8O2S. The number of anilines is 3. The average Bonchev–Trinajstić information content (AvgIpc) is 3.57. The number of ether oxygens (including phenoxy) is 2. The molecule has 2 atom stereocenters. The summed E-state index contributed by atoms with van der Waals surface area (Å²) in [5.74, 6) is -3.00. The molecule has 2 aromatic carbocycles. The molecule has 0 amide bonds. The monoisotopic (exact) mass is 726 g/mol. The van der Waals surface area contributed by atoms with Crippen molar-refractivity contribution in [3.05, 3.63) is 70.7 Å². The summed E-state index contributed by atoms with van der Waals surface area (Å²) in [6.07, 6.45) is -2.87. The number of likely N-dealkylation sites (N-methyl/N-ethyl adjacent to an activating group) is 1. The number of nitrogens with two attached hydrogens (primary N) is 2. The van der Waals surface area contributed by atoms with Gasteiger partial charge >= 0.3 is 12.2 Å². The minimum Gasteiger partial charge on any atom is -0.490 e. The van der Waals surface area contributed by atoms with Gasteiger partial charge in [-0.15, -0.1) is 11.3 Å². The van der Waals surface area contributed by atoms with E-state index in [1.807, 2.05) is 11.0 Å². The van der Waals surface area contributed by atoms with Gasteiger partial charge in [0.25, 0.3) is 0 Å². The number of hydrogen-bond donors (Lipinski definition) is 2. The zero-order valence-corrected chi connectivity index (χ0v) is 27.8. The van der Waals surface area contributed by atoms with Crippen LogP contribution in [0, 0.1) is 23.0 Å². The number of fused-ring (bicyclic) bond motifs is 1. The minimum atomic E-state index is -5.23.